The lowest BCUT2D eigenvalue weighted by molar-refractivity contribution is 0.889. The topological polar surface area (TPSA) is 78.7 Å². The standard InChI is InChI=1S/C11H5BrClN3O2/c12-7-1-2-9(8(13)3-7)16-5-6(4-14)10(17)15-11(16)18/h1-3,5H,(H,15,17,18). The molecule has 0 amide bonds. The van der Waals surface area contributed by atoms with Gasteiger partial charge in [-0.3, -0.25) is 14.3 Å². The Morgan fingerprint density at radius 3 is 2.72 bits per heavy atom. The maximum absolute atomic E-state index is 11.7. The molecular weight excluding hydrogens is 321 g/mol. The summed E-state index contributed by atoms with van der Waals surface area (Å²) in [5, 5.41) is 9.09. The van der Waals surface area contributed by atoms with Gasteiger partial charge in [-0.1, -0.05) is 27.5 Å². The van der Waals surface area contributed by atoms with Gasteiger partial charge < -0.3 is 0 Å². The number of nitrogens with zero attached hydrogens (tertiary/aromatic N) is 2. The summed E-state index contributed by atoms with van der Waals surface area (Å²) < 4.78 is 1.88. The van der Waals surface area contributed by atoms with E-state index in [-0.39, 0.29) is 5.56 Å². The molecule has 0 spiro atoms. The van der Waals surface area contributed by atoms with Crippen LogP contribution in [0.25, 0.3) is 5.69 Å². The fourth-order valence-corrected chi connectivity index (χ4v) is 2.17. The van der Waals surface area contributed by atoms with E-state index in [1.165, 1.54) is 0 Å². The van der Waals surface area contributed by atoms with Crippen LogP contribution in [0.5, 0.6) is 0 Å². The van der Waals surface area contributed by atoms with E-state index in [1.807, 2.05) is 0 Å². The number of rotatable bonds is 1. The smallest absolute Gasteiger partial charge is 0.273 e. The fraction of sp³-hybridized carbons (Fsp3) is 0. The average molecular weight is 327 g/mol. The second-order valence-electron chi connectivity index (χ2n) is 3.38. The van der Waals surface area contributed by atoms with Gasteiger partial charge in [-0.25, -0.2) is 4.79 Å². The molecule has 0 aliphatic heterocycles. The molecule has 1 aromatic heterocycles. The largest absolute Gasteiger partial charge is 0.333 e. The van der Waals surface area contributed by atoms with Crippen LogP contribution in [-0.4, -0.2) is 9.55 Å². The van der Waals surface area contributed by atoms with Gasteiger partial charge in [0.05, 0.1) is 10.7 Å². The molecule has 0 aliphatic carbocycles. The van der Waals surface area contributed by atoms with Crippen LogP contribution in [0.3, 0.4) is 0 Å². The Morgan fingerprint density at radius 1 is 1.39 bits per heavy atom. The third-order valence-electron chi connectivity index (χ3n) is 2.23. The monoisotopic (exact) mass is 325 g/mol. The van der Waals surface area contributed by atoms with Crippen LogP contribution < -0.4 is 11.2 Å². The van der Waals surface area contributed by atoms with Crippen LogP contribution in [-0.2, 0) is 0 Å². The van der Waals surface area contributed by atoms with Gasteiger partial charge in [-0.2, -0.15) is 5.26 Å². The second kappa shape index (κ2) is 4.80. The number of halogens is 2. The normalized spacial score (nSPS) is 10.1. The maximum Gasteiger partial charge on any atom is 0.333 e. The number of hydrogen-bond acceptors (Lipinski definition) is 3. The van der Waals surface area contributed by atoms with E-state index >= 15 is 0 Å². The summed E-state index contributed by atoms with van der Waals surface area (Å²) in [5.74, 6) is 0. The SMILES string of the molecule is N#Cc1cn(-c2ccc(Br)cc2Cl)c(=O)[nH]c1=O. The molecule has 90 valence electrons. The molecule has 0 unspecified atom stereocenters. The molecule has 18 heavy (non-hydrogen) atoms. The molecular formula is C11H5BrClN3O2. The lowest BCUT2D eigenvalue weighted by Gasteiger charge is -2.07. The lowest BCUT2D eigenvalue weighted by Crippen LogP contribution is -2.30. The first-order chi connectivity index (χ1) is 8.52. The fourth-order valence-electron chi connectivity index (χ4n) is 1.41. The van der Waals surface area contributed by atoms with Crippen molar-refractivity contribution in [2.45, 2.75) is 0 Å². The zero-order chi connectivity index (χ0) is 13.3. The van der Waals surface area contributed by atoms with Crippen molar-refractivity contribution in [1.82, 2.24) is 9.55 Å². The molecule has 0 atom stereocenters. The molecule has 7 heteroatoms. The summed E-state index contributed by atoms with van der Waals surface area (Å²) in [6.07, 6.45) is 1.16. The summed E-state index contributed by atoms with van der Waals surface area (Å²) in [4.78, 5) is 25.0. The number of nitrogens with one attached hydrogen (secondary N) is 1. The van der Waals surface area contributed by atoms with Crippen molar-refractivity contribution in [3.63, 3.8) is 0 Å². The van der Waals surface area contributed by atoms with Crippen molar-refractivity contribution in [2.75, 3.05) is 0 Å². The zero-order valence-corrected chi connectivity index (χ0v) is 11.1. The minimum atomic E-state index is -0.716. The lowest BCUT2D eigenvalue weighted by atomic mass is 10.3. The van der Waals surface area contributed by atoms with E-state index in [9.17, 15) is 9.59 Å². The minimum Gasteiger partial charge on any atom is -0.273 e. The zero-order valence-electron chi connectivity index (χ0n) is 8.78. The summed E-state index contributed by atoms with van der Waals surface area (Å²) in [6, 6.07) is 6.62. The first kappa shape index (κ1) is 12.6. The molecule has 0 aliphatic rings. The molecule has 0 radical (unpaired) electrons. The van der Waals surface area contributed by atoms with E-state index in [2.05, 4.69) is 20.9 Å². The van der Waals surface area contributed by atoms with Gasteiger partial charge in [0.2, 0.25) is 0 Å². The number of hydrogen-bond donors (Lipinski definition) is 1. The number of aromatic nitrogens is 2. The highest BCUT2D eigenvalue weighted by molar-refractivity contribution is 9.10. The van der Waals surface area contributed by atoms with Crippen molar-refractivity contribution in [1.29, 1.82) is 5.26 Å². The van der Waals surface area contributed by atoms with Gasteiger partial charge in [-0.05, 0) is 18.2 Å². The van der Waals surface area contributed by atoms with Gasteiger partial charge in [0, 0.05) is 10.7 Å². The van der Waals surface area contributed by atoms with Crippen molar-refractivity contribution < 1.29 is 0 Å². The number of H-pyrrole nitrogens is 1. The molecule has 0 saturated heterocycles. The molecule has 1 N–H and O–H groups in total. The summed E-state index contributed by atoms with van der Waals surface area (Å²) in [6.45, 7) is 0. The molecule has 1 heterocycles. The van der Waals surface area contributed by atoms with Crippen LogP contribution in [0.4, 0.5) is 0 Å². The Morgan fingerprint density at radius 2 is 2.11 bits per heavy atom. The van der Waals surface area contributed by atoms with Crippen LogP contribution in [0.15, 0.2) is 38.5 Å². The quantitative estimate of drug-likeness (QED) is 0.868. The summed E-state index contributed by atoms with van der Waals surface area (Å²) in [5.41, 5.74) is -1.14. The maximum atomic E-state index is 11.7. The van der Waals surface area contributed by atoms with Gasteiger partial charge in [-0.15, -0.1) is 0 Å². The molecule has 0 bridgehead atoms. The van der Waals surface area contributed by atoms with Gasteiger partial charge in [0.25, 0.3) is 5.56 Å². The van der Waals surface area contributed by atoms with E-state index in [1.54, 1.807) is 24.3 Å². The first-order valence-electron chi connectivity index (χ1n) is 4.74. The van der Waals surface area contributed by atoms with Crippen molar-refractivity contribution in [2.24, 2.45) is 0 Å². The number of benzene rings is 1. The Kier molecular flexibility index (Phi) is 3.36. The molecule has 1 aromatic carbocycles. The number of nitriles is 1. The Labute approximate surface area is 114 Å². The van der Waals surface area contributed by atoms with E-state index in [0.717, 1.165) is 15.2 Å². The van der Waals surface area contributed by atoms with Gasteiger partial charge in [0.1, 0.15) is 11.6 Å². The van der Waals surface area contributed by atoms with E-state index in [0.29, 0.717) is 10.7 Å². The molecule has 2 rings (SSSR count). The van der Waals surface area contributed by atoms with Gasteiger partial charge in [0.15, 0.2) is 0 Å². The molecule has 0 saturated carbocycles. The Balaban J connectivity index is 2.76. The van der Waals surface area contributed by atoms with Crippen LogP contribution in [0.2, 0.25) is 5.02 Å². The molecule has 2 aromatic rings. The van der Waals surface area contributed by atoms with Crippen LogP contribution >= 0.6 is 27.5 Å². The second-order valence-corrected chi connectivity index (χ2v) is 4.70. The predicted molar refractivity (Wildman–Crippen MR) is 70.1 cm³/mol. The number of aromatic amines is 1. The first-order valence-corrected chi connectivity index (χ1v) is 5.91. The minimum absolute atomic E-state index is 0.159. The van der Waals surface area contributed by atoms with Crippen molar-refractivity contribution in [3.05, 3.63) is 60.3 Å². The van der Waals surface area contributed by atoms with Gasteiger partial charge >= 0.3 is 5.69 Å². The van der Waals surface area contributed by atoms with E-state index in [4.69, 9.17) is 16.9 Å². The Bertz CT molecular complexity index is 773. The third-order valence-corrected chi connectivity index (χ3v) is 3.03. The predicted octanol–water partition coefficient (Wildman–Crippen LogP) is 1.81. The highest BCUT2D eigenvalue weighted by atomic mass is 79.9. The van der Waals surface area contributed by atoms with Crippen molar-refractivity contribution >= 4 is 27.5 Å². The third kappa shape index (κ3) is 2.23. The highest BCUT2D eigenvalue weighted by Gasteiger charge is 2.09. The highest BCUT2D eigenvalue weighted by Crippen LogP contribution is 2.23. The van der Waals surface area contributed by atoms with Crippen LogP contribution in [0, 0.1) is 11.3 Å². The summed E-state index contributed by atoms with van der Waals surface area (Å²) >= 11 is 9.25. The van der Waals surface area contributed by atoms with Crippen LogP contribution in [0.1, 0.15) is 5.56 Å². The Hall–Kier alpha value is -1.84. The average Bonchev–Trinajstić information content (AvgIpc) is 2.30. The molecule has 5 nitrogen and oxygen atoms in total. The summed E-state index contributed by atoms with van der Waals surface area (Å²) in [7, 11) is 0. The molecule has 0 fully saturated rings. The van der Waals surface area contributed by atoms with E-state index < -0.39 is 11.2 Å². The van der Waals surface area contributed by atoms with Crippen molar-refractivity contribution in [3.8, 4) is 11.8 Å².